The van der Waals surface area contributed by atoms with Crippen molar-refractivity contribution in [2.24, 2.45) is 0 Å². The summed E-state index contributed by atoms with van der Waals surface area (Å²) in [6, 6.07) is 20.0. The van der Waals surface area contributed by atoms with Gasteiger partial charge in [-0.2, -0.15) is 5.26 Å². The molecule has 0 aliphatic carbocycles. The van der Waals surface area contributed by atoms with Crippen LogP contribution in [0.2, 0.25) is 0 Å². The van der Waals surface area contributed by atoms with Gasteiger partial charge in [0.2, 0.25) is 9.84 Å². The Labute approximate surface area is 158 Å². The van der Waals surface area contributed by atoms with Crippen molar-refractivity contribution in [2.75, 3.05) is 13.1 Å². The molecular formula is C20H18N2O2S2. The molecule has 0 bridgehead atoms. The number of allylic oxidation sites excluding steroid dienone is 1. The van der Waals surface area contributed by atoms with Gasteiger partial charge in [-0.3, -0.25) is 0 Å². The van der Waals surface area contributed by atoms with Gasteiger partial charge in [0.05, 0.1) is 4.90 Å². The molecule has 6 heteroatoms. The number of hydrogen-bond donors (Lipinski definition) is 0. The number of sulfone groups is 1. The maximum atomic E-state index is 12.9. The number of nitrogens with zero attached hydrogens (tertiary/aromatic N) is 2. The Bertz CT molecular complexity index is 975. The minimum absolute atomic E-state index is 0.130. The SMILES string of the molecule is C=C1CN(CCc2ccccc2)/C(=C(/C#N)S(=O)(=O)c2ccccc2)S1. The van der Waals surface area contributed by atoms with Crippen LogP contribution in [0, 0.1) is 11.3 Å². The normalized spacial score (nSPS) is 16.4. The summed E-state index contributed by atoms with van der Waals surface area (Å²) in [5, 5.41) is 10.1. The molecule has 0 amide bonds. The van der Waals surface area contributed by atoms with Crippen molar-refractivity contribution in [1.82, 2.24) is 4.90 Å². The van der Waals surface area contributed by atoms with Crippen molar-refractivity contribution in [3.8, 4) is 6.07 Å². The van der Waals surface area contributed by atoms with E-state index in [9.17, 15) is 13.7 Å². The number of rotatable bonds is 5. The molecule has 132 valence electrons. The van der Waals surface area contributed by atoms with Crippen molar-refractivity contribution < 1.29 is 8.42 Å². The molecular weight excluding hydrogens is 364 g/mol. The van der Waals surface area contributed by atoms with E-state index < -0.39 is 9.84 Å². The second-order valence-electron chi connectivity index (χ2n) is 5.86. The Kier molecular flexibility index (Phi) is 5.50. The van der Waals surface area contributed by atoms with Crippen molar-refractivity contribution in [3.05, 3.63) is 87.6 Å². The second-order valence-corrected chi connectivity index (χ2v) is 8.92. The van der Waals surface area contributed by atoms with Gasteiger partial charge < -0.3 is 4.90 Å². The Morgan fingerprint density at radius 1 is 1.12 bits per heavy atom. The van der Waals surface area contributed by atoms with E-state index in [1.807, 2.05) is 41.3 Å². The average molecular weight is 383 g/mol. The van der Waals surface area contributed by atoms with Crippen molar-refractivity contribution in [3.63, 3.8) is 0 Å². The van der Waals surface area contributed by atoms with Gasteiger partial charge in [0, 0.05) is 18.0 Å². The third-order valence-corrected chi connectivity index (χ3v) is 6.94. The molecule has 26 heavy (non-hydrogen) atoms. The molecule has 3 rings (SSSR count). The Morgan fingerprint density at radius 2 is 1.73 bits per heavy atom. The van der Waals surface area contributed by atoms with E-state index in [1.54, 1.807) is 18.2 Å². The summed E-state index contributed by atoms with van der Waals surface area (Å²) >= 11 is 1.27. The zero-order valence-corrected chi connectivity index (χ0v) is 15.8. The molecule has 0 unspecified atom stereocenters. The van der Waals surface area contributed by atoms with Gasteiger partial charge in [0.1, 0.15) is 11.1 Å². The number of thioether (sulfide) groups is 1. The van der Waals surface area contributed by atoms with Gasteiger partial charge in [-0.15, -0.1) is 0 Å². The molecule has 1 aliphatic heterocycles. The Hall–Kier alpha value is -2.49. The van der Waals surface area contributed by atoms with Gasteiger partial charge in [0.25, 0.3) is 0 Å². The first-order chi connectivity index (χ1) is 12.5. The van der Waals surface area contributed by atoms with Crippen molar-refractivity contribution in [2.45, 2.75) is 11.3 Å². The zero-order chi connectivity index (χ0) is 18.6. The summed E-state index contributed by atoms with van der Waals surface area (Å²) in [4.78, 5) is 2.69. The third-order valence-electron chi connectivity index (χ3n) is 4.03. The average Bonchev–Trinajstić information content (AvgIpc) is 3.02. The predicted molar refractivity (Wildman–Crippen MR) is 105 cm³/mol. The molecule has 0 N–H and O–H groups in total. The van der Waals surface area contributed by atoms with Crippen LogP contribution < -0.4 is 0 Å². The van der Waals surface area contributed by atoms with Crippen LogP contribution in [-0.4, -0.2) is 26.4 Å². The van der Waals surface area contributed by atoms with Gasteiger partial charge in [-0.1, -0.05) is 66.9 Å². The molecule has 0 atom stereocenters. The molecule has 0 saturated carbocycles. The van der Waals surface area contributed by atoms with E-state index in [0.29, 0.717) is 18.1 Å². The lowest BCUT2D eigenvalue weighted by Crippen LogP contribution is -2.23. The summed E-state index contributed by atoms with van der Waals surface area (Å²) < 4.78 is 25.9. The van der Waals surface area contributed by atoms with Gasteiger partial charge >= 0.3 is 0 Å². The van der Waals surface area contributed by atoms with E-state index in [4.69, 9.17) is 0 Å². The Balaban J connectivity index is 1.94. The van der Waals surface area contributed by atoms with E-state index >= 15 is 0 Å². The summed E-state index contributed by atoms with van der Waals surface area (Å²) in [6.07, 6.45) is 0.766. The van der Waals surface area contributed by atoms with Crippen LogP contribution in [0.5, 0.6) is 0 Å². The van der Waals surface area contributed by atoms with Crippen LogP contribution in [0.4, 0.5) is 0 Å². The lowest BCUT2D eigenvalue weighted by Gasteiger charge is -2.19. The summed E-state index contributed by atoms with van der Waals surface area (Å²) in [6.45, 7) is 5.13. The molecule has 0 aromatic heterocycles. The molecule has 1 fully saturated rings. The topological polar surface area (TPSA) is 61.2 Å². The molecule has 0 spiro atoms. The maximum absolute atomic E-state index is 12.9. The number of nitriles is 1. The van der Waals surface area contributed by atoms with Gasteiger partial charge in [-0.05, 0) is 24.1 Å². The highest BCUT2D eigenvalue weighted by atomic mass is 32.2. The molecule has 2 aromatic carbocycles. The highest BCUT2D eigenvalue weighted by Crippen LogP contribution is 2.40. The van der Waals surface area contributed by atoms with Crippen LogP contribution >= 0.6 is 11.8 Å². The van der Waals surface area contributed by atoms with Gasteiger partial charge in [-0.25, -0.2) is 8.42 Å². The molecule has 0 radical (unpaired) electrons. The maximum Gasteiger partial charge on any atom is 0.219 e. The molecule has 1 saturated heterocycles. The fourth-order valence-corrected chi connectivity index (χ4v) is 5.34. The van der Waals surface area contributed by atoms with E-state index in [-0.39, 0.29) is 9.80 Å². The largest absolute Gasteiger partial charge is 0.359 e. The zero-order valence-electron chi connectivity index (χ0n) is 14.1. The number of hydrogen-bond acceptors (Lipinski definition) is 5. The predicted octanol–water partition coefficient (Wildman–Crippen LogP) is 3.96. The first-order valence-corrected chi connectivity index (χ1v) is 10.4. The summed E-state index contributed by atoms with van der Waals surface area (Å²) in [5.74, 6) is 0. The highest BCUT2D eigenvalue weighted by molar-refractivity contribution is 8.08. The first kappa shape index (κ1) is 18.3. The van der Waals surface area contributed by atoms with Crippen LogP contribution in [0.3, 0.4) is 0 Å². The molecule has 4 nitrogen and oxygen atoms in total. The Morgan fingerprint density at radius 3 is 2.35 bits per heavy atom. The fourth-order valence-electron chi connectivity index (χ4n) is 2.74. The summed E-state index contributed by atoms with van der Waals surface area (Å²) in [5.41, 5.74) is 1.17. The minimum Gasteiger partial charge on any atom is -0.359 e. The lowest BCUT2D eigenvalue weighted by molar-refractivity contribution is 0.416. The van der Waals surface area contributed by atoms with Crippen LogP contribution in [0.25, 0.3) is 0 Å². The standard InChI is InChI=1S/C20H18N2O2S2/c1-16-15-22(13-12-17-8-4-2-5-9-17)20(25-16)19(14-21)26(23,24)18-10-6-3-7-11-18/h2-11H,1,12-13,15H2/b20-19+. The monoisotopic (exact) mass is 382 g/mol. The van der Waals surface area contributed by atoms with E-state index in [2.05, 4.69) is 6.58 Å². The van der Waals surface area contributed by atoms with E-state index in [0.717, 1.165) is 11.3 Å². The minimum atomic E-state index is -3.86. The van der Waals surface area contributed by atoms with Crippen LogP contribution in [0.15, 0.2) is 87.0 Å². The summed E-state index contributed by atoms with van der Waals surface area (Å²) in [7, 11) is -3.86. The lowest BCUT2D eigenvalue weighted by atomic mass is 10.1. The molecule has 1 heterocycles. The van der Waals surface area contributed by atoms with Crippen molar-refractivity contribution >= 4 is 21.6 Å². The van der Waals surface area contributed by atoms with Crippen molar-refractivity contribution in [1.29, 1.82) is 5.26 Å². The highest BCUT2D eigenvalue weighted by Gasteiger charge is 2.32. The fraction of sp³-hybridized carbons (Fsp3) is 0.150. The third kappa shape index (κ3) is 3.85. The van der Waals surface area contributed by atoms with Gasteiger partial charge in [0.15, 0.2) is 4.91 Å². The van der Waals surface area contributed by atoms with Crippen LogP contribution in [0.1, 0.15) is 5.56 Å². The van der Waals surface area contributed by atoms with Crippen LogP contribution in [-0.2, 0) is 16.3 Å². The van der Waals surface area contributed by atoms with E-state index in [1.165, 1.54) is 29.5 Å². The quantitative estimate of drug-likeness (QED) is 0.733. The second kappa shape index (κ2) is 7.81. The molecule has 1 aliphatic rings. The number of benzene rings is 2. The molecule has 2 aromatic rings. The first-order valence-electron chi connectivity index (χ1n) is 8.11. The smallest absolute Gasteiger partial charge is 0.219 e.